The number of nitrogens with one attached hydrogen (secondary N) is 1. The summed E-state index contributed by atoms with van der Waals surface area (Å²) in [5.41, 5.74) is 1.10. The lowest BCUT2D eigenvalue weighted by molar-refractivity contribution is -0.122. The van der Waals surface area contributed by atoms with E-state index in [0.717, 1.165) is 11.3 Å². The predicted molar refractivity (Wildman–Crippen MR) is 69.3 cm³/mol. The first-order valence-corrected chi connectivity index (χ1v) is 5.91. The van der Waals surface area contributed by atoms with E-state index >= 15 is 0 Å². The second-order valence-corrected chi connectivity index (χ2v) is 5.11. The number of carbonyl (C=O) groups excluding carboxylic acids is 1. The van der Waals surface area contributed by atoms with Gasteiger partial charge in [0.25, 0.3) is 0 Å². The van der Waals surface area contributed by atoms with Gasteiger partial charge < -0.3 is 5.32 Å². The monoisotopic (exact) mass is 259 g/mol. The fraction of sp³-hybridized carbons (Fsp3) is 0.417. The predicted octanol–water partition coefficient (Wildman–Crippen LogP) is 3.85. The maximum atomic E-state index is 11.8. The van der Waals surface area contributed by atoms with Crippen LogP contribution in [0.25, 0.3) is 0 Å². The van der Waals surface area contributed by atoms with Gasteiger partial charge in [0.05, 0.1) is 5.41 Å². The lowest BCUT2D eigenvalue weighted by Gasteiger charge is -2.20. The Balaban J connectivity index is 2.82. The third-order valence-electron chi connectivity index (χ3n) is 2.36. The number of aryl methyl sites for hydroxylation is 1. The van der Waals surface area contributed by atoms with Gasteiger partial charge in [-0.15, -0.1) is 11.6 Å². The molecule has 0 spiro atoms. The van der Waals surface area contributed by atoms with Crippen molar-refractivity contribution in [2.24, 2.45) is 5.41 Å². The molecule has 0 fully saturated rings. The molecule has 0 radical (unpaired) electrons. The van der Waals surface area contributed by atoms with E-state index in [2.05, 4.69) is 5.32 Å². The van der Waals surface area contributed by atoms with E-state index in [1.54, 1.807) is 26.0 Å². The van der Waals surface area contributed by atoms with E-state index < -0.39 is 5.41 Å². The van der Waals surface area contributed by atoms with Crippen molar-refractivity contribution in [3.05, 3.63) is 28.8 Å². The maximum absolute atomic E-state index is 11.8. The van der Waals surface area contributed by atoms with Crippen molar-refractivity contribution in [2.75, 3.05) is 11.2 Å². The average Bonchev–Trinajstić information content (AvgIpc) is 2.23. The lowest BCUT2D eigenvalue weighted by atomic mass is 9.95. The van der Waals surface area contributed by atoms with Crippen LogP contribution in [-0.4, -0.2) is 11.8 Å². The average molecular weight is 260 g/mol. The molecule has 0 aliphatic heterocycles. The molecule has 4 heteroatoms. The van der Waals surface area contributed by atoms with Crippen molar-refractivity contribution >= 4 is 34.8 Å². The smallest absolute Gasteiger partial charge is 0.231 e. The lowest BCUT2D eigenvalue weighted by Crippen LogP contribution is -2.32. The fourth-order valence-corrected chi connectivity index (χ4v) is 1.32. The summed E-state index contributed by atoms with van der Waals surface area (Å²) in [4.78, 5) is 11.8. The highest BCUT2D eigenvalue weighted by Gasteiger charge is 2.26. The molecule has 0 heterocycles. The molecule has 0 saturated heterocycles. The summed E-state index contributed by atoms with van der Waals surface area (Å²) < 4.78 is 0. The van der Waals surface area contributed by atoms with E-state index in [4.69, 9.17) is 23.2 Å². The summed E-state index contributed by atoms with van der Waals surface area (Å²) in [6.07, 6.45) is 0. The maximum Gasteiger partial charge on any atom is 0.231 e. The molecule has 16 heavy (non-hydrogen) atoms. The van der Waals surface area contributed by atoms with E-state index in [0.29, 0.717) is 5.02 Å². The zero-order chi connectivity index (χ0) is 12.3. The van der Waals surface area contributed by atoms with E-state index in [1.807, 2.05) is 13.0 Å². The van der Waals surface area contributed by atoms with Gasteiger partial charge in [0.15, 0.2) is 0 Å². The summed E-state index contributed by atoms with van der Waals surface area (Å²) >= 11 is 11.6. The van der Waals surface area contributed by atoms with Gasteiger partial charge in [0.2, 0.25) is 5.91 Å². The van der Waals surface area contributed by atoms with Gasteiger partial charge in [-0.05, 0) is 44.5 Å². The number of carbonyl (C=O) groups is 1. The van der Waals surface area contributed by atoms with Crippen molar-refractivity contribution in [3.63, 3.8) is 0 Å². The van der Waals surface area contributed by atoms with Gasteiger partial charge in [-0.2, -0.15) is 0 Å². The molecule has 88 valence electrons. The highest BCUT2D eigenvalue weighted by atomic mass is 35.5. The third kappa shape index (κ3) is 3.13. The Kier molecular flexibility index (Phi) is 4.22. The van der Waals surface area contributed by atoms with Crippen molar-refractivity contribution in [2.45, 2.75) is 20.8 Å². The van der Waals surface area contributed by atoms with E-state index in [9.17, 15) is 4.79 Å². The quantitative estimate of drug-likeness (QED) is 0.821. The van der Waals surface area contributed by atoms with Crippen LogP contribution in [0.15, 0.2) is 18.2 Å². The summed E-state index contributed by atoms with van der Waals surface area (Å²) in [6, 6.07) is 5.38. The molecule has 0 aromatic heterocycles. The van der Waals surface area contributed by atoms with Crippen LogP contribution in [0, 0.1) is 12.3 Å². The van der Waals surface area contributed by atoms with Crippen LogP contribution in [0.1, 0.15) is 19.4 Å². The number of alkyl halides is 1. The zero-order valence-corrected chi connectivity index (χ0v) is 11.1. The largest absolute Gasteiger partial charge is 0.326 e. The Hall–Kier alpha value is -0.730. The van der Waals surface area contributed by atoms with Crippen molar-refractivity contribution in [1.29, 1.82) is 0 Å². The van der Waals surface area contributed by atoms with Crippen LogP contribution >= 0.6 is 23.2 Å². The summed E-state index contributed by atoms with van der Waals surface area (Å²) in [5, 5.41) is 3.51. The van der Waals surface area contributed by atoms with Crippen LogP contribution in [0.4, 0.5) is 5.69 Å². The topological polar surface area (TPSA) is 29.1 Å². The molecule has 0 atom stereocenters. The first-order chi connectivity index (χ1) is 7.36. The fourth-order valence-electron chi connectivity index (χ4n) is 1.08. The Morgan fingerprint density at radius 2 is 2.06 bits per heavy atom. The molecule has 0 aliphatic carbocycles. The first-order valence-electron chi connectivity index (χ1n) is 5.00. The molecule has 0 unspecified atom stereocenters. The van der Waals surface area contributed by atoms with Crippen LogP contribution in [0.5, 0.6) is 0 Å². The summed E-state index contributed by atoms with van der Waals surface area (Å²) in [7, 11) is 0. The minimum Gasteiger partial charge on any atom is -0.326 e. The third-order valence-corrected chi connectivity index (χ3v) is 3.46. The molecule has 2 nitrogen and oxygen atoms in total. The summed E-state index contributed by atoms with van der Waals surface area (Å²) in [6.45, 7) is 5.50. The number of amides is 1. The number of anilines is 1. The molecule has 1 aromatic carbocycles. The first kappa shape index (κ1) is 13.3. The van der Waals surface area contributed by atoms with Gasteiger partial charge in [-0.25, -0.2) is 0 Å². The number of benzene rings is 1. The molecule has 0 saturated carbocycles. The van der Waals surface area contributed by atoms with Gasteiger partial charge in [0.1, 0.15) is 0 Å². The number of hydrogen-bond acceptors (Lipinski definition) is 1. The van der Waals surface area contributed by atoms with Gasteiger partial charge in [-0.3, -0.25) is 4.79 Å². The molecule has 0 bridgehead atoms. The van der Waals surface area contributed by atoms with E-state index in [-0.39, 0.29) is 11.8 Å². The standard InChI is InChI=1S/C12H15Cl2NO/c1-8-6-9(4-5-10(8)14)15-11(16)12(2,3)7-13/h4-6H,7H2,1-3H3,(H,15,16). The van der Waals surface area contributed by atoms with Crippen LogP contribution in [0.2, 0.25) is 5.02 Å². The second-order valence-electron chi connectivity index (χ2n) is 4.44. The zero-order valence-electron chi connectivity index (χ0n) is 9.60. The Bertz CT molecular complexity index is 402. The van der Waals surface area contributed by atoms with Crippen molar-refractivity contribution in [3.8, 4) is 0 Å². The molecular weight excluding hydrogens is 245 g/mol. The van der Waals surface area contributed by atoms with Crippen LogP contribution < -0.4 is 5.32 Å². The minimum atomic E-state index is -0.574. The summed E-state index contributed by atoms with van der Waals surface area (Å²) in [5.74, 6) is 0.190. The van der Waals surface area contributed by atoms with Gasteiger partial charge in [-0.1, -0.05) is 11.6 Å². The normalized spacial score (nSPS) is 11.3. The Labute approximate surface area is 106 Å². The number of rotatable bonds is 3. The highest BCUT2D eigenvalue weighted by Crippen LogP contribution is 2.23. The molecule has 1 rings (SSSR count). The molecule has 1 aromatic rings. The second kappa shape index (κ2) is 5.07. The van der Waals surface area contributed by atoms with Crippen molar-refractivity contribution < 1.29 is 4.79 Å². The Morgan fingerprint density at radius 1 is 1.44 bits per heavy atom. The van der Waals surface area contributed by atoms with Crippen LogP contribution in [-0.2, 0) is 4.79 Å². The van der Waals surface area contributed by atoms with E-state index in [1.165, 1.54) is 0 Å². The minimum absolute atomic E-state index is 0.0933. The van der Waals surface area contributed by atoms with Crippen LogP contribution in [0.3, 0.4) is 0 Å². The molecular formula is C12H15Cl2NO. The number of halogens is 2. The highest BCUT2D eigenvalue weighted by molar-refractivity contribution is 6.31. The van der Waals surface area contributed by atoms with Crippen molar-refractivity contribution in [1.82, 2.24) is 0 Å². The Morgan fingerprint density at radius 3 is 2.56 bits per heavy atom. The SMILES string of the molecule is Cc1cc(NC(=O)C(C)(C)CCl)ccc1Cl. The molecule has 1 N–H and O–H groups in total. The molecule has 0 aliphatic rings. The van der Waals surface area contributed by atoms with Gasteiger partial charge >= 0.3 is 0 Å². The van der Waals surface area contributed by atoms with Gasteiger partial charge in [0, 0.05) is 16.6 Å². The number of hydrogen-bond donors (Lipinski definition) is 1. The molecule has 1 amide bonds.